The Hall–Kier alpha value is -3.48. The van der Waals surface area contributed by atoms with Gasteiger partial charge in [0.05, 0.1) is 12.0 Å². The number of benzene rings is 1. The molecule has 12 heteroatoms. The number of carbonyl (C=O) groups is 4. The molecule has 1 aliphatic heterocycles. The number of aliphatic hydroxyl groups is 1. The number of carbonyl (C=O) groups excluding carboxylic acids is 4. The number of phenols is 1. The number of fused-ring (bicyclic) bond motifs is 1. The van der Waals surface area contributed by atoms with Crippen LogP contribution < -0.4 is 16.4 Å². The predicted octanol–water partition coefficient (Wildman–Crippen LogP) is 1.47. The zero-order valence-corrected chi connectivity index (χ0v) is 27.0. The van der Waals surface area contributed by atoms with Gasteiger partial charge in [-0.15, -0.1) is 0 Å². The molecule has 1 aromatic carbocycles. The average Bonchev–Trinajstić information content (AvgIpc) is 2.97. The number of nitrogens with two attached hydrogens (primary N) is 1. The normalized spacial score (nSPS) is 26.8. The number of hydrogen-bond donors (Lipinski definition) is 5. The third-order valence-corrected chi connectivity index (χ3v) is 10.0. The first-order valence-electron chi connectivity index (χ1n) is 15.9. The van der Waals surface area contributed by atoms with Crippen LogP contribution in [0.1, 0.15) is 76.0 Å². The molecule has 1 heterocycles. The standard InChI is InChI=1S/C33H48N4O8/c1-19-25(39)10-9-23-18-27-33(43)13-11-26(20(2)32(33,29(19)23)14-17-37(27)5)45-31(42)21(3)44-28(40)12-16-35-30(41)24(36-22(4)38)8-6-7-15-34/h9-11,20-21,24,27,39,43H,6-8,12-18,34H2,1-5H3,(H,35,41)(H,36,38)/t20-,21-,24-,27+,32+,33+/m0/s1. The molecule has 6 N–H and O–H groups in total. The minimum absolute atomic E-state index is 0.0308. The van der Waals surface area contributed by atoms with Crippen molar-refractivity contribution in [3.8, 4) is 5.75 Å². The monoisotopic (exact) mass is 628 g/mol. The number of likely N-dealkylation sites (tertiary alicyclic amines) is 1. The highest BCUT2D eigenvalue weighted by Crippen LogP contribution is 2.61. The van der Waals surface area contributed by atoms with Crippen LogP contribution in [0.4, 0.5) is 0 Å². The second kappa shape index (κ2) is 13.9. The quantitative estimate of drug-likeness (QED) is 0.168. The number of nitrogens with zero attached hydrogens (tertiary/aromatic N) is 1. The molecule has 1 saturated heterocycles. The van der Waals surface area contributed by atoms with Crippen LogP contribution in [0.3, 0.4) is 0 Å². The van der Waals surface area contributed by atoms with Crippen molar-refractivity contribution >= 4 is 23.8 Å². The second-order valence-electron chi connectivity index (χ2n) is 12.8. The molecule has 6 atom stereocenters. The van der Waals surface area contributed by atoms with E-state index in [1.54, 1.807) is 12.1 Å². The van der Waals surface area contributed by atoms with Gasteiger partial charge in [0.15, 0.2) is 6.10 Å². The Morgan fingerprint density at radius 3 is 2.64 bits per heavy atom. The number of phenolic OH excluding ortho intramolecular Hbond substituents is 1. The zero-order valence-electron chi connectivity index (χ0n) is 27.0. The van der Waals surface area contributed by atoms with E-state index in [2.05, 4.69) is 15.5 Å². The Labute approximate surface area is 264 Å². The molecule has 4 rings (SSSR count). The third kappa shape index (κ3) is 6.59. The maximum Gasteiger partial charge on any atom is 0.352 e. The Kier molecular flexibility index (Phi) is 10.6. The van der Waals surface area contributed by atoms with Crippen LogP contribution in [0.2, 0.25) is 0 Å². The molecule has 0 unspecified atom stereocenters. The fourth-order valence-electron chi connectivity index (χ4n) is 7.66. The number of esters is 2. The van der Waals surface area contributed by atoms with Crippen molar-refractivity contribution in [2.75, 3.05) is 26.7 Å². The molecule has 2 amide bonds. The van der Waals surface area contributed by atoms with E-state index in [0.29, 0.717) is 38.0 Å². The molecule has 0 spiro atoms. The van der Waals surface area contributed by atoms with E-state index >= 15 is 0 Å². The van der Waals surface area contributed by atoms with Crippen LogP contribution in [-0.4, -0.2) is 89.3 Å². The van der Waals surface area contributed by atoms with Crippen LogP contribution >= 0.6 is 0 Å². The van der Waals surface area contributed by atoms with Gasteiger partial charge in [0, 0.05) is 37.3 Å². The molecule has 1 aromatic rings. The summed E-state index contributed by atoms with van der Waals surface area (Å²) in [6, 6.07) is 2.75. The van der Waals surface area contributed by atoms with Gasteiger partial charge in [-0.2, -0.15) is 0 Å². The van der Waals surface area contributed by atoms with Crippen molar-refractivity contribution in [3.05, 3.63) is 40.7 Å². The van der Waals surface area contributed by atoms with E-state index < -0.39 is 46.9 Å². The number of unbranched alkanes of at least 4 members (excludes halogenated alkanes) is 1. The molecule has 12 nitrogen and oxygen atoms in total. The zero-order chi connectivity index (χ0) is 33.1. The Morgan fingerprint density at radius 2 is 1.96 bits per heavy atom. The topological polar surface area (TPSA) is 181 Å². The van der Waals surface area contributed by atoms with E-state index in [9.17, 15) is 29.4 Å². The van der Waals surface area contributed by atoms with Gasteiger partial charge >= 0.3 is 11.9 Å². The summed E-state index contributed by atoms with van der Waals surface area (Å²) in [6.45, 7) is 7.74. The number of piperidine rings is 1. The summed E-state index contributed by atoms with van der Waals surface area (Å²) in [5.41, 5.74) is 6.31. The van der Waals surface area contributed by atoms with Gasteiger partial charge in [-0.1, -0.05) is 13.0 Å². The highest BCUT2D eigenvalue weighted by molar-refractivity contribution is 5.87. The van der Waals surface area contributed by atoms with Crippen molar-refractivity contribution in [2.24, 2.45) is 11.7 Å². The van der Waals surface area contributed by atoms with E-state index in [0.717, 1.165) is 29.7 Å². The molecule has 248 valence electrons. The lowest BCUT2D eigenvalue weighted by Crippen LogP contribution is -2.73. The van der Waals surface area contributed by atoms with Crippen molar-refractivity contribution in [3.63, 3.8) is 0 Å². The van der Waals surface area contributed by atoms with Crippen molar-refractivity contribution in [1.29, 1.82) is 0 Å². The molecular formula is C33H48N4O8. The van der Waals surface area contributed by atoms with Crippen LogP contribution in [0, 0.1) is 12.8 Å². The van der Waals surface area contributed by atoms with Gasteiger partial charge in [-0.25, -0.2) is 4.79 Å². The van der Waals surface area contributed by atoms with Gasteiger partial charge in [-0.3, -0.25) is 14.4 Å². The highest BCUT2D eigenvalue weighted by Gasteiger charge is 2.66. The average molecular weight is 629 g/mol. The van der Waals surface area contributed by atoms with Gasteiger partial charge in [-0.05, 0) is 94.9 Å². The van der Waals surface area contributed by atoms with Gasteiger partial charge < -0.3 is 41.0 Å². The van der Waals surface area contributed by atoms with Crippen molar-refractivity contribution in [2.45, 2.75) is 102 Å². The van der Waals surface area contributed by atoms with E-state index in [1.165, 1.54) is 13.8 Å². The number of hydrogen-bond acceptors (Lipinski definition) is 10. The van der Waals surface area contributed by atoms with Crippen LogP contribution in [0.25, 0.3) is 0 Å². The molecule has 0 saturated carbocycles. The SMILES string of the molecule is CC(=O)N[C@@H](CCCCN)C(=O)NCCC(=O)O[C@@H](C)C(=O)OC1=CC[C@@]2(O)[C@H]3Cc4ccc(O)c(C)c4[C@@]2(CCN3C)[C@H]1C. The fourth-order valence-corrected chi connectivity index (χ4v) is 7.66. The number of rotatable bonds is 12. The lowest BCUT2D eigenvalue weighted by Gasteiger charge is -2.65. The first kappa shape index (κ1) is 34.4. The number of allylic oxidation sites excluding steroid dienone is 1. The Morgan fingerprint density at radius 1 is 1.22 bits per heavy atom. The van der Waals surface area contributed by atoms with Gasteiger partial charge in [0.2, 0.25) is 11.8 Å². The number of likely N-dealkylation sites (N-methyl/N-ethyl adjacent to an activating group) is 1. The Balaban J connectivity index is 1.39. The molecular weight excluding hydrogens is 580 g/mol. The summed E-state index contributed by atoms with van der Waals surface area (Å²) in [5.74, 6) is -2.03. The third-order valence-electron chi connectivity index (χ3n) is 10.0. The van der Waals surface area contributed by atoms with Gasteiger partial charge in [0.1, 0.15) is 17.6 Å². The van der Waals surface area contributed by atoms with E-state index in [1.807, 2.05) is 27.0 Å². The number of ether oxygens (including phenoxy) is 2. The molecule has 2 aliphatic carbocycles. The number of aromatic hydroxyl groups is 1. The molecule has 45 heavy (non-hydrogen) atoms. The summed E-state index contributed by atoms with van der Waals surface area (Å²) in [7, 11) is 2.01. The summed E-state index contributed by atoms with van der Waals surface area (Å²) in [4.78, 5) is 51.9. The maximum atomic E-state index is 13.2. The van der Waals surface area contributed by atoms with Crippen molar-refractivity contribution in [1.82, 2.24) is 15.5 Å². The van der Waals surface area contributed by atoms with Gasteiger partial charge in [0.25, 0.3) is 0 Å². The molecule has 2 bridgehead atoms. The summed E-state index contributed by atoms with van der Waals surface area (Å²) >= 11 is 0. The lowest BCUT2D eigenvalue weighted by atomic mass is 9.47. The first-order chi connectivity index (χ1) is 21.3. The predicted molar refractivity (Wildman–Crippen MR) is 166 cm³/mol. The molecule has 0 aromatic heterocycles. The summed E-state index contributed by atoms with van der Waals surface area (Å²) < 4.78 is 11.2. The number of nitrogens with one attached hydrogen (secondary N) is 2. The largest absolute Gasteiger partial charge is 0.508 e. The molecule has 0 radical (unpaired) electrons. The van der Waals surface area contributed by atoms with E-state index in [-0.39, 0.29) is 37.1 Å². The highest BCUT2D eigenvalue weighted by atomic mass is 16.6. The smallest absolute Gasteiger partial charge is 0.352 e. The lowest BCUT2D eigenvalue weighted by molar-refractivity contribution is -0.173. The van der Waals surface area contributed by atoms with Crippen molar-refractivity contribution < 1.29 is 38.9 Å². The fraction of sp³-hybridized carbons (Fsp3) is 0.636. The maximum absolute atomic E-state index is 13.2. The minimum atomic E-state index is -1.21. The first-order valence-corrected chi connectivity index (χ1v) is 15.9. The summed E-state index contributed by atoms with van der Waals surface area (Å²) in [6.07, 6.45) is 3.70. The van der Waals surface area contributed by atoms with E-state index in [4.69, 9.17) is 15.2 Å². The molecule has 1 fully saturated rings. The Bertz CT molecular complexity index is 1350. The minimum Gasteiger partial charge on any atom is -0.508 e. The number of amides is 2. The van der Waals surface area contributed by atoms with Crippen LogP contribution in [0.15, 0.2) is 24.0 Å². The van der Waals surface area contributed by atoms with Crippen LogP contribution in [0.5, 0.6) is 5.75 Å². The second-order valence-corrected chi connectivity index (χ2v) is 12.8. The molecule has 3 aliphatic rings. The van der Waals surface area contributed by atoms with Crippen LogP contribution in [-0.2, 0) is 40.5 Å². The summed E-state index contributed by atoms with van der Waals surface area (Å²) in [5, 5.41) is 28.3.